The van der Waals surface area contributed by atoms with Gasteiger partial charge in [0.05, 0.1) is 10.2 Å². The maximum Gasteiger partial charge on any atom is 0.253 e. The SMILES string of the molecule is O=C(CCN1C(=O)C=CC1=O)NCCCCC1NC2SSC(SSC2=S)C1=O. The molecule has 12 heteroatoms. The number of carbonyl (C=O) groups excluding carboxylic acids is 4. The molecule has 0 saturated carbocycles. The van der Waals surface area contributed by atoms with Gasteiger partial charge < -0.3 is 5.32 Å². The van der Waals surface area contributed by atoms with E-state index in [2.05, 4.69) is 10.6 Å². The number of unbranched alkanes of at least 4 members (excludes halogenated alkanes) is 1. The fraction of sp³-hybridized carbons (Fsp3) is 0.562. The zero-order chi connectivity index (χ0) is 20.1. The van der Waals surface area contributed by atoms with Crippen LogP contribution in [0.1, 0.15) is 25.7 Å². The second-order valence-corrected chi connectivity index (χ2v) is 12.1. The Morgan fingerprint density at radius 3 is 2.64 bits per heavy atom. The highest BCUT2D eigenvalue weighted by molar-refractivity contribution is 8.91. The minimum Gasteiger partial charge on any atom is -0.356 e. The second-order valence-electron chi connectivity index (χ2n) is 6.28. The van der Waals surface area contributed by atoms with Crippen LogP contribution in [0.25, 0.3) is 0 Å². The summed E-state index contributed by atoms with van der Waals surface area (Å²) < 4.78 is 0.767. The first-order valence-corrected chi connectivity index (χ1v) is 13.6. The molecule has 2 fully saturated rings. The predicted molar refractivity (Wildman–Crippen MR) is 120 cm³/mol. The van der Waals surface area contributed by atoms with Gasteiger partial charge in [0.25, 0.3) is 11.8 Å². The van der Waals surface area contributed by atoms with Gasteiger partial charge in [-0.1, -0.05) is 44.6 Å². The van der Waals surface area contributed by atoms with Crippen molar-refractivity contribution in [1.29, 1.82) is 0 Å². The molecule has 2 saturated heterocycles. The van der Waals surface area contributed by atoms with Crippen LogP contribution in [0.4, 0.5) is 0 Å². The summed E-state index contributed by atoms with van der Waals surface area (Å²) in [6.45, 7) is 0.587. The number of carbonyl (C=O) groups is 4. The molecule has 0 aromatic rings. The Kier molecular flexibility index (Phi) is 8.30. The summed E-state index contributed by atoms with van der Waals surface area (Å²) in [5, 5.41) is 6.16. The van der Waals surface area contributed by atoms with Crippen LogP contribution in [0.2, 0.25) is 0 Å². The number of fused-ring (bicyclic) bond motifs is 3. The van der Waals surface area contributed by atoms with Gasteiger partial charge in [-0.25, -0.2) is 0 Å². The van der Waals surface area contributed by atoms with E-state index >= 15 is 0 Å². The zero-order valence-corrected chi connectivity index (χ0v) is 18.8. The molecule has 0 aliphatic carbocycles. The molecule has 3 unspecified atom stereocenters. The van der Waals surface area contributed by atoms with Crippen molar-refractivity contribution < 1.29 is 19.2 Å². The highest BCUT2D eigenvalue weighted by Crippen LogP contribution is 2.50. The van der Waals surface area contributed by atoms with E-state index < -0.39 is 0 Å². The fourth-order valence-electron chi connectivity index (χ4n) is 2.80. The van der Waals surface area contributed by atoms with E-state index in [0.717, 1.165) is 21.9 Å². The van der Waals surface area contributed by atoms with Crippen molar-refractivity contribution in [2.75, 3.05) is 13.1 Å². The molecule has 3 heterocycles. The van der Waals surface area contributed by atoms with Crippen LogP contribution < -0.4 is 10.6 Å². The number of imide groups is 1. The molecule has 3 atom stereocenters. The first kappa shape index (κ1) is 22.2. The first-order valence-electron chi connectivity index (χ1n) is 8.75. The Bertz CT molecular complexity index is 696. The predicted octanol–water partition coefficient (Wildman–Crippen LogP) is 1.88. The van der Waals surface area contributed by atoms with Crippen molar-refractivity contribution in [3.05, 3.63) is 12.2 Å². The average Bonchev–Trinajstić information content (AvgIpc) is 2.82. The van der Waals surface area contributed by atoms with Crippen LogP contribution in [0.3, 0.4) is 0 Å². The first-order chi connectivity index (χ1) is 13.5. The Labute approximate surface area is 184 Å². The van der Waals surface area contributed by atoms with Gasteiger partial charge in [0.15, 0.2) is 5.78 Å². The van der Waals surface area contributed by atoms with Crippen molar-refractivity contribution >= 4 is 83.1 Å². The summed E-state index contributed by atoms with van der Waals surface area (Å²) in [4.78, 5) is 48.4. The Hall–Kier alpha value is -0.530. The molecule has 3 aliphatic rings. The van der Waals surface area contributed by atoms with Gasteiger partial charge in [-0.05, 0) is 30.1 Å². The van der Waals surface area contributed by atoms with Gasteiger partial charge in [0.1, 0.15) is 9.96 Å². The van der Waals surface area contributed by atoms with Crippen molar-refractivity contribution in [2.45, 2.75) is 41.7 Å². The molecule has 0 aromatic carbocycles. The van der Waals surface area contributed by atoms with Crippen molar-refractivity contribution in [2.24, 2.45) is 0 Å². The number of nitrogens with zero attached hydrogens (tertiary/aromatic N) is 1. The molecule has 0 aromatic heterocycles. The van der Waals surface area contributed by atoms with Crippen molar-refractivity contribution in [3.8, 4) is 0 Å². The maximum atomic E-state index is 12.6. The molecule has 2 bridgehead atoms. The van der Waals surface area contributed by atoms with Crippen LogP contribution in [-0.4, -0.2) is 61.7 Å². The lowest BCUT2D eigenvalue weighted by molar-refractivity contribution is -0.137. The van der Waals surface area contributed by atoms with E-state index in [1.54, 1.807) is 21.6 Å². The molecule has 0 spiro atoms. The highest BCUT2D eigenvalue weighted by atomic mass is 33.1. The van der Waals surface area contributed by atoms with E-state index in [9.17, 15) is 19.2 Å². The standard InChI is InChI=1S/C16H19N3O4S5/c20-10(6-8-19-11(21)4-5-12(19)22)17-7-2-1-3-9-13(23)16-27-25-14(18-9)15(24)26-28-16/h4-5,9,14,16,18H,1-3,6-8H2,(H,17,20). The lowest BCUT2D eigenvalue weighted by atomic mass is 10.1. The number of nitrogens with one attached hydrogen (secondary N) is 2. The van der Waals surface area contributed by atoms with Crippen LogP contribution in [-0.2, 0) is 19.2 Å². The molecule has 28 heavy (non-hydrogen) atoms. The number of ketones is 1. The van der Waals surface area contributed by atoms with Crippen LogP contribution in [0.5, 0.6) is 0 Å². The summed E-state index contributed by atoms with van der Waals surface area (Å²) in [6.07, 6.45) is 4.76. The molecule has 3 amide bonds. The zero-order valence-electron chi connectivity index (χ0n) is 14.8. The molecule has 3 aliphatic heterocycles. The van der Waals surface area contributed by atoms with Gasteiger partial charge >= 0.3 is 0 Å². The van der Waals surface area contributed by atoms with Crippen molar-refractivity contribution in [1.82, 2.24) is 15.5 Å². The van der Waals surface area contributed by atoms with Gasteiger partial charge in [-0.15, -0.1) is 0 Å². The van der Waals surface area contributed by atoms with E-state index in [4.69, 9.17) is 12.2 Å². The molecule has 0 radical (unpaired) electrons. The van der Waals surface area contributed by atoms with Gasteiger partial charge in [0, 0.05) is 31.7 Å². The summed E-state index contributed by atoms with van der Waals surface area (Å²) in [6, 6.07) is -0.209. The summed E-state index contributed by atoms with van der Waals surface area (Å²) in [5.74, 6) is -0.749. The molecule has 7 nitrogen and oxygen atoms in total. The maximum absolute atomic E-state index is 12.6. The Morgan fingerprint density at radius 1 is 1.14 bits per heavy atom. The minimum atomic E-state index is -0.379. The van der Waals surface area contributed by atoms with Crippen molar-refractivity contribution in [3.63, 3.8) is 0 Å². The molecule has 3 rings (SSSR count). The monoisotopic (exact) mass is 477 g/mol. The lowest BCUT2D eigenvalue weighted by Gasteiger charge is -2.23. The number of hydrogen-bond donors (Lipinski definition) is 2. The number of hydrogen-bond acceptors (Lipinski definition) is 10. The van der Waals surface area contributed by atoms with E-state index in [-0.39, 0.29) is 52.5 Å². The average molecular weight is 478 g/mol. The third kappa shape index (κ3) is 5.76. The fourth-order valence-corrected chi connectivity index (χ4v) is 10.1. The quantitative estimate of drug-likeness (QED) is 0.233. The summed E-state index contributed by atoms with van der Waals surface area (Å²) in [7, 11) is 6.25. The summed E-state index contributed by atoms with van der Waals surface area (Å²) in [5.41, 5.74) is 0. The Morgan fingerprint density at radius 2 is 1.89 bits per heavy atom. The smallest absolute Gasteiger partial charge is 0.253 e. The van der Waals surface area contributed by atoms with E-state index in [1.165, 1.54) is 33.7 Å². The number of rotatable bonds is 8. The number of amides is 3. The normalized spacial score (nSPS) is 27.3. The van der Waals surface area contributed by atoms with Gasteiger partial charge in [-0.2, -0.15) is 0 Å². The summed E-state index contributed by atoms with van der Waals surface area (Å²) >= 11 is 5.39. The van der Waals surface area contributed by atoms with Gasteiger partial charge in [0.2, 0.25) is 5.91 Å². The molecule has 152 valence electrons. The van der Waals surface area contributed by atoms with Crippen LogP contribution in [0.15, 0.2) is 12.2 Å². The minimum absolute atomic E-state index is 0.00384. The number of thiocarbonyl (C=S) groups is 1. The van der Waals surface area contributed by atoms with Gasteiger partial charge in [-0.3, -0.25) is 29.4 Å². The largest absolute Gasteiger partial charge is 0.356 e. The van der Waals surface area contributed by atoms with Crippen LogP contribution >= 0.6 is 55.4 Å². The van der Waals surface area contributed by atoms with E-state index in [1.807, 2.05) is 0 Å². The third-order valence-corrected chi connectivity index (χ3v) is 11.6. The Balaban J connectivity index is 1.32. The topological polar surface area (TPSA) is 95.6 Å². The second kappa shape index (κ2) is 10.5. The number of Topliss-reactive ketones (excluding diaryl/α,β-unsaturated/α-hetero) is 1. The third-order valence-electron chi connectivity index (χ3n) is 4.30. The highest BCUT2D eigenvalue weighted by Gasteiger charge is 2.39. The molecule has 2 N–H and O–H groups in total. The molecular formula is C16H19N3O4S5. The van der Waals surface area contributed by atoms with E-state index in [0.29, 0.717) is 13.0 Å². The molecular weight excluding hydrogens is 459 g/mol. The van der Waals surface area contributed by atoms with Crippen LogP contribution in [0, 0.1) is 0 Å². The lowest BCUT2D eigenvalue weighted by Crippen LogP contribution is -2.45.